The molecule has 1 fully saturated rings. The van der Waals surface area contributed by atoms with Gasteiger partial charge in [-0.1, -0.05) is 6.07 Å². The summed E-state index contributed by atoms with van der Waals surface area (Å²) in [4.78, 5) is 30.0. The fraction of sp³-hybridized carbons (Fsp3) is 0.533. The topological polar surface area (TPSA) is 97.5 Å². The standard InChI is InChI=1S/C15H22N4O3/c1-15(2,3)22-14(21)19-9-5-6-10(19)13(20)18-12-8-4-7-11(16)17-12/h4,7-8,10H,5-6,9H2,1-3H3,(H3,16,17,18,20)/t10-/m0/s1. The number of hydrogen-bond donors (Lipinski definition) is 2. The first-order chi connectivity index (χ1) is 10.3. The number of nitrogen functional groups attached to an aromatic ring is 1. The Bertz CT molecular complexity index is 568. The smallest absolute Gasteiger partial charge is 0.410 e. The number of hydrogen-bond acceptors (Lipinski definition) is 5. The van der Waals surface area contributed by atoms with Gasteiger partial charge in [0.25, 0.3) is 0 Å². The summed E-state index contributed by atoms with van der Waals surface area (Å²) < 4.78 is 5.34. The second-order valence-corrected chi connectivity index (χ2v) is 6.27. The monoisotopic (exact) mass is 306 g/mol. The average Bonchev–Trinajstić information content (AvgIpc) is 2.85. The molecule has 1 aromatic heterocycles. The SMILES string of the molecule is CC(C)(C)OC(=O)N1CCC[C@H]1C(=O)Nc1cccc(N)n1. The van der Waals surface area contributed by atoms with Gasteiger partial charge < -0.3 is 15.8 Å². The summed E-state index contributed by atoms with van der Waals surface area (Å²) in [7, 11) is 0. The number of ether oxygens (including phenoxy) is 1. The highest BCUT2D eigenvalue weighted by Gasteiger charge is 2.36. The van der Waals surface area contributed by atoms with Crippen LogP contribution in [-0.4, -0.2) is 40.1 Å². The molecule has 7 heteroatoms. The lowest BCUT2D eigenvalue weighted by molar-refractivity contribution is -0.120. The van der Waals surface area contributed by atoms with Gasteiger partial charge in [-0.2, -0.15) is 0 Å². The molecule has 1 aliphatic heterocycles. The normalized spacial score (nSPS) is 18.1. The minimum absolute atomic E-state index is 0.276. The zero-order chi connectivity index (χ0) is 16.3. The summed E-state index contributed by atoms with van der Waals surface area (Å²) in [5.74, 6) is 0.427. The molecule has 0 aromatic carbocycles. The number of nitrogens with two attached hydrogens (primary N) is 1. The van der Waals surface area contributed by atoms with Crippen LogP contribution in [0.25, 0.3) is 0 Å². The molecule has 1 atom stereocenters. The summed E-state index contributed by atoms with van der Waals surface area (Å²) in [5.41, 5.74) is 5.00. The molecule has 0 saturated carbocycles. The zero-order valence-corrected chi connectivity index (χ0v) is 13.1. The first-order valence-corrected chi connectivity index (χ1v) is 7.29. The van der Waals surface area contributed by atoms with E-state index in [2.05, 4.69) is 10.3 Å². The molecule has 120 valence electrons. The van der Waals surface area contributed by atoms with E-state index in [0.717, 1.165) is 6.42 Å². The first-order valence-electron chi connectivity index (χ1n) is 7.29. The van der Waals surface area contributed by atoms with Crippen LogP contribution in [-0.2, 0) is 9.53 Å². The summed E-state index contributed by atoms with van der Waals surface area (Å²) >= 11 is 0. The predicted octanol–water partition coefficient (Wildman–Crippen LogP) is 2.00. The molecule has 1 saturated heterocycles. The van der Waals surface area contributed by atoms with Crippen LogP contribution < -0.4 is 11.1 Å². The van der Waals surface area contributed by atoms with Gasteiger partial charge >= 0.3 is 6.09 Å². The number of carbonyl (C=O) groups is 2. The Balaban J connectivity index is 2.03. The number of anilines is 2. The first kappa shape index (κ1) is 16.1. The van der Waals surface area contributed by atoms with E-state index in [1.54, 1.807) is 39.0 Å². The number of rotatable bonds is 2. The van der Waals surface area contributed by atoms with Crippen LogP contribution in [0.2, 0.25) is 0 Å². The minimum Gasteiger partial charge on any atom is -0.444 e. The van der Waals surface area contributed by atoms with E-state index in [1.807, 2.05) is 0 Å². The Hall–Kier alpha value is -2.31. The Morgan fingerprint density at radius 3 is 2.77 bits per heavy atom. The third-order valence-corrected chi connectivity index (χ3v) is 3.21. The number of nitrogens with zero attached hydrogens (tertiary/aromatic N) is 2. The van der Waals surface area contributed by atoms with Gasteiger partial charge in [0, 0.05) is 6.54 Å². The molecule has 7 nitrogen and oxygen atoms in total. The molecule has 0 radical (unpaired) electrons. The lowest BCUT2D eigenvalue weighted by Gasteiger charge is -2.27. The van der Waals surface area contributed by atoms with Crippen molar-refractivity contribution in [3.8, 4) is 0 Å². The van der Waals surface area contributed by atoms with Crippen LogP contribution in [0.1, 0.15) is 33.6 Å². The van der Waals surface area contributed by atoms with Gasteiger partial charge in [-0.15, -0.1) is 0 Å². The summed E-state index contributed by atoms with van der Waals surface area (Å²) in [5, 5.41) is 2.69. The van der Waals surface area contributed by atoms with Gasteiger partial charge in [0.1, 0.15) is 23.3 Å². The fourth-order valence-electron chi connectivity index (χ4n) is 2.31. The van der Waals surface area contributed by atoms with Crippen molar-refractivity contribution in [1.82, 2.24) is 9.88 Å². The number of aromatic nitrogens is 1. The number of carbonyl (C=O) groups excluding carboxylic acids is 2. The molecule has 2 rings (SSSR count). The lowest BCUT2D eigenvalue weighted by atomic mass is 10.2. The molecular weight excluding hydrogens is 284 g/mol. The van der Waals surface area contributed by atoms with Crippen molar-refractivity contribution in [3.05, 3.63) is 18.2 Å². The van der Waals surface area contributed by atoms with Crippen molar-refractivity contribution >= 4 is 23.6 Å². The third-order valence-electron chi connectivity index (χ3n) is 3.21. The molecule has 0 bridgehead atoms. The van der Waals surface area contributed by atoms with E-state index in [4.69, 9.17) is 10.5 Å². The van der Waals surface area contributed by atoms with Crippen molar-refractivity contribution < 1.29 is 14.3 Å². The summed E-state index contributed by atoms with van der Waals surface area (Å²) in [6.45, 7) is 5.91. The van der Waals surface area contributed by atoms with E-state index in [-0.39, 0.29) is 5.91 Å². The maximum Gasteiger partial charge on any atom is 0.410 e. The highest BCUT2D eigenvalue weighted by atomic mass is 16.6. The highest BCUT2D eigenvalue weighted by Crippen LogP contribution is 2.22. The van der Waals surface area contributed by atoms with Crippen molar-refractivity contribution in [1.29, 1.82) is 0 Å². The van der Waals surface area contributed by atoms with Gasteiger partial charge in [0.15, 0.2) is 0 Å². The summed E-state index contributed by atoms with van der Waals surface area (Å²) in [6.07, 6.45) is 0.903. The second kappa shape index (κ2) is 6.21. The van der Waals surface area contributed by atoms with Crippen molar-refractivity contribution in [3.63, 3.8) is 0 Å². The average molecular weight is 306 g/mol. The van der Waals surface area contributed by atoms with E-state index < -0.39 is 17.7 Å². The zero-order valence-electron chi connectivity index (χ0n) is 13.1. The molecule has 0 aliphatic carbocycles. The van der Waals surface area contributed by atoms with Crippen molar-refractivity contribution in [2.24, 2.45) is 0 Å². The number of amides is 2. The van der Waals surface area contributed by atoms with Crippen molar-refractivity contribution in [2.75, 3.05) is 17.6 Å². The molecule has 2 amide bonds. The van der Waals surface area contributed by atoms with Gasteiger partial charge in [0.2, 0.25) is 5.91 Å². The van der Waals surface area contributed by atoms with E-state index in [1.165, 1.54) is 4.90 Å². The number of likely N-dealkylation sites (tertiary alicyclic amines) is 1. The van der Waals surface area contributed by atoms with Crippen LogP contribution in [0, 0.1) is 0 Å². The Morgan fingerprint density at radius 2 is 2.14 bits per heavy atom. The van der Waals surface area contributed by atoms with Gasteiger partial charge in [-0.25, -0.2) is 9.78 Å². The molecule has 0 unspecified atom stereocenters. The fourth-order valence-corrected chi connectivity index (χ4v) is 2.31. The Morgan fingerprint density at radius 1 is 1.41 bits per heavy atom. The maximum atomic E-state index is 12.4. The third kappa shape index (κ3) is 4.09. The molecule has 22 heavy (non-hydrogen) atoms. The quantitative estimate of drug-likeness (QED) is 0.871. The highest BCUT2D eigenvalue weighted by molar-refractivity contribution is 5.96. The molecule has 1 aromatic rings. The molecular formula is C15H22N4O3. The summed E-state index contributed by atoms with van der Waals surface area (Å²) in [6, 6.07) is 4.45. The van der Waals surface area contributed by atoms with Crippen molar-refractivity contribution in [2.45, 2.75) is 45.3 Å². The number of nitrogens with one attached hydrogen (secondary N) is 1. The van der Waals surface area contributed by atoms with Gasteiger partial charge in [-0.3, -0.25) is 9.69 Å². The second-order valence-electron chi connectivity index (χ2n) is 6.27. The van der Waals surface area contributed by atoms with Crippen LogP contribution >= 0.6 is 0 Å². The Kier molecular flexibility index (Phi) is 4.54. The van der Waals surface area contributed by atoms with E-state index in [0.29, 0.717) is 24.6 Å². The molecule has 0 spiro atoms. The van der Waals surface area contributed by atoms with Gasteiger partial charge in [0.05, 0.1) is 0 Å². The molecule has 2 heterocycles. The van der Waals surface area contributed by atoms with Crippen LogP contribution in [0.5, 0.6) is 0 Å². The van der Waals surface area contributed by atoms with Crippen LogP contribution in [0.15, 0.2) is 18.2 Å². The van der Waals surface area contributed by atoms with Crippen LogP contribution in [0.3, 0.4) is 0 Å². The lowest BCUT2D eigenvalue weighted by Crippen LogP contribution is -2.45. The maximum absolute atomic E-state index is 12.4. The van der Waals surface area contributed by atoms with Crippen LogP contribution in [0.4, 0.5) is 16.4 Å². The minimum atomic E-state index is -0.587. The number of pyridine rings is 1. The Labute approximate surface area is 129 Å². The molecule has 3 N–H and O–H groups in total. The predicted molar refractivity (Wildman–Crippen MR) is 83.2 cm³/mol. The largest absolute Gasteiger partial charge is 0.444 e. The van der Waals surface area contributed by atoms with E-state index in [9.17, 15) is 9.59 Å². The molecule has 1 aliphatic rings. The van der Waals surface area contributed by atoms with Gasteiger partial charge in [-0.05, 0) is 45.7 Å². The van der Waals surface area contributed by atoms with E-state index >= 15 is 0 Å².